The van der Waals surface area contributed by atoms with Gasteiger partial charge in [-0.3, -0.25) is 43.8 Å². The van der Waals surface area contributed by atoms with Crippen LogP contribution in [0, 0.1) is 5.92 Å². The number of nitrogens with two attached hydrogens (primary N) is 1. The highest BCUT2D eigenvalue weighted by Gasteiger charge is 2.45. The third-order valence-electron chi connectivity index (χ3n) is 10.5. The predicted octanol–water partition coefficient (Wildman–Crippen LogP) is 2.37. The number of oxazole rings is 1. The molecule has 1 saturated heterocycles. The molecule has 21 heteroatoms. The summed E-state index contributed by atoms with van der Waals surface area (Å²) >= 11 is 0. The van der Waals surface area contributed by atoms with Crippen molar-refractivity contribution < 1.29 is 47.5 Å². The molecule has 330 valence electrons. The van der Waals surface area contributed by atoms with Crippen LogP contribution >= 0.6 is 0 Å². The lowest BCUT2D eigenvalue weighted by Gasteiger charge is -2.27. The zero-order chi connectivity index (χ0) is 44.7. The number of nitrogens with one attached hydrogen (secondary N) is 5. The highest BCUT2D eigenvalue weighted by atomic mass is 16.5. The van der Waals surface area contributed by atoms with E-state index in [-0.39, 0.29) is 85.8 Å². The third-order valence-corrected chi connectivity index (χ3v) is 10.5. The molecule has 21 nitrogen and oxygen atoms in total. The second-order valence-electron chi connectivity index (χ2n) is 15.1. The normalized spacial score (nSPS) is 15.8. The number of nitrogens with zero attached hydrogens (tertiary/aromatic N) is 5. The van der Waals surface area contributed by atoms with E-state index in [0.29, 0.717) is 40.8 Å². The van der Waals surface area contributed by atoms with E-state index >= 15 is 0 Å². The second kappa shape index (κ2) is 19.1. The van der Waals surface area contributed by atoms with Gasteiger partial charge >= 0.3 is 0 Å². The number of pyridine rings is 1. The van der Waals surface area contributed by atoms with Gasteiger partial charge in [-0.25, -0.2) is 14.6 Å². The number of amides is 7. The quantitative estimate of drug-likeness (QED) is 0.0484. The van der Waals surface area contributed by atoms with E-state index < -0.39 is 41.5 Å². The average molecular weight is 874 g/mol. The lowest BCUT2D eigenvalue weighted by Crippen LogP contribution is -2.54. The van der Waals surface area contributed by atoms with Crippen molar-refractivity contribution in [2.24, 2.45) is 11.7 Å². The fourth-order valence-corrected chi connectivity index (χ4v) is 7.05. The first kappa shape index (κ1) is 42.9. The molecule has 1 atom stereocenters. The maximum absolute atomic E-state index is 13.2. The van der Waals surface area contributed by atoms with Gasteiger partial charge in [-0.1, -0.05) is 6.07 Å². The van der Waals surface area contributed by atoms with Gasteiger partial charge in [-0.2, -0.15) is 5.10 Å². The van der Waals surface area contributed by atoms with Gasteiger partial charge in [-0.05, 0) is 73.7 Å². The summed E-state index contributed by atoms with van der Waals surface area (Å²) in [4.78, 5) is 98.0. The predicted molar refractivity (Wildman–Crippen MR) is 227 cm³/mol. The minimum atomic E-state index is -1.05. The van der Waals surface area contributed by atoms with E-state index in [4.69, 9.17) is 19.6 Å². The number of anilines is 3. The van der Waals surface area contributed by atoms with Crippen LogP contribution in [0.15, 0.2) is 77.7 Å². The molecule has 1 unspecified atom stereocenters. The van der Waals surface area contributed by atoms with Gasteiger partial charge in [0.15, 0.2) is 11.4 Å². The molecule has 7 amide bonds. The lowest BCUT2D eigenvalue weighted by molar-refractivity contribution is -0.136. The van der Waals surface area contributed by atoms with E-state index in [2.05, 4.69) is 41.7 Å². The summed E-state index contributed by atoms with van der Waals surface area (Å²) < 4.78 is 18.1. The molecule has 1 saturated carbocycles. The number of aromatic nitrogens is 4. The number of primary amides is 1. The van der Waals surface area contributed by atoms with Gasteiger partial charge in [0.1, 0.15) is 18.1 Å². The number of hydrogen-bond acceptors (Lipinski definition) is 15. The summed E-state index contributed by atoms with van der Waals surface area (Å²) in [7, 11) is 0. The van der Waals surface area contributed by atoms with Crippen LogP contribution in [0.3, 0.4) is 0 Å². The molecule has 8 rings (SSSR count). The number of imide groups is 2. The topological polar surface area (TPSA) is 284 Å². The average Bonchev–Trinajstić information content (AvgIpc) is 3.70. The van der Waals surface area contributed by atoms with Crippen LogP contribution in [0.2, 0.25) is 0 Å². The Kier molecular flexibility index (Phi) is 12.8. The Morgan fingerprint density at radius 1 is 0.875 bits per heavy atom. The van der Waals surface area contributed by atoms with Gasteiger partial charge in [0.05, 0.1) is 55.1 Å². The SMILES string of the molecule is NC(=O)c1nn(-c2ccc(C(=O)NCCOCCOCCNc3cccc4c3C(=O)N(C3CCC(=O)NC3=O)C4=O)cc2)cc1NC(=O)c1coc(-c2ccnc(NCC3CC3)c2)n1. The summed E-state index contributed by atoms with van der Waals surface area (Å²) in [5.41, 5.74) is 7.66. The fraction of sp³-hybridized carbons (Fsp3) is 0.302. The number of piperidine rings is 1. The number of fused-ring (bicyclic) bond motifs is 1. The Morgan fingerprint density at radius 3 is 2.41 bits per heavy atom. The Labute approximate surface area is 364 Å². The molecule has 5 heterocycles. The highest BCUT2D eigenvalue weighted by molar-refractivity contribution is 6.25. The molecule has 0 bridgehead atoms. The van der Waals surface area contributed by atoms with Crippen molar-refractivity contribution in [3.05, 3.63) is 101 Å². The standard InChI is InChI=1S/C43H43N11O10/c44-37(56)36-30(49-39(58)31-23-64-41(50-31)26-12-13-46-33(20-26)48-21-24-4-5-24)22-53(52-36)27-8-6-25(7-9-27)38(57)47-15-17-63-19-18-62-16-14-45-29-3-1-2-28-35(29)43(61)54(42(28)60)32-10-11-34(55)51-40(32)59/h1-3,6-9,12-13,20,22-24,32,45H,4-5,10-11,14-19,21H2,(H2,44,56)(H,46,48)(H,47,57)(H,49,58)(H,51,55,59). The van der Waals surface area contributed by atoms with Gasteiger partial charge in [-0.15, -0.1) is 0 Å². The van der Waals surface area contributed by atoms with Crippen molar-refractivity contribution in [2.45, 2.75) is 31.7 Å². The van der Waals surface area contributed by atoms with Crippen LogP contribution < -0.4 is 32.3 Å². The summed E-state index contributed by atoms with van der Waals surface area (Å²) in [5, 5.41) is 18.2. The molecular formula is C43H43N11O10. The van der Waals surface area contributed by atoms with E-state index in [9.17, 15) is 33.6 Å². The molecule has 64 heavy (non-hydrogen) atoms. The van der Waals surface area contributed by atoms with Crippen molar-refractivity contribution in [2.75, 3.05) is 62.0 Å². The largest absolute Gasteiger partial charge is 0.444 e. The number of rotatable bonds is 20. The minimum Gasteiger partial charge on any atom is -0.444 e. The zero-order valence-electron chi connectivity index (χ0n) is 34.3. The van der Waals surface area contributed by atoms with Gasteiger partial charge in [0.25, 0.3) is 29.5 Å². The van der Waals surface area contributed by atoms with Crippen molar-refractivity contribution in [1.29, 1.82) is 0 Å². The molecule has 7 N–H and O–H groups in total. The Morgan fingerprint density at radius 2 is 1.66 bits per heavy atom. The van der Waals surface area contributed by atoms with Crippen molar-refractivity contribution in [3.63, 3.8) is 0 Å². The van der Waals surface area contributed by atoms with Crippen LogP contribution in [0.1, 0.15) is 77.7 Å². The maximum Gasteiger partial charge on any atom is 0.277 e. The number of hydrogen-bond donors (Lipinski definition) is 6. The molecule has 2 aromatic carbocycles. The number of ether oxygens (including phenoxy) is 2. The van der Waals surface area contributed by atoms with Crippen molar-refractivity contribution in [3.8, 4) is 17.1 Å². The van der Waals surface area contributed by atoms with Crippen LogP contribution in [-0.2, 0) is 19.1 Å². The molecule has 1 aliphatic carbocycles. The summed E-state index contributed by atoms with van der Waals surface area (Å²) in [6.07, 6.45) is 6.76. The first-order valence-corrected chi connectivity index (χ1v) is 20.5. The monoisotopic (exact) mass is 873 g/mol. The van der Waals surface area contributed by atoms with E-state index in [1.54, 1.807) is 54.7 Å². The smallest absolute Gasteiger partial charge is 0.277 e. The fourth-order valence-electron chi connectivity index (χ4n) is 7.05. The molecule has 3 aliphatic rings. The van der Waals surface area contributed by atoms with Gasteiger partial charge in [0.2, 0.25) is 17.7 Å². The van der Waals surface area contributed by atoms with Crippen molar-refractivity contribution in [1.82, 2.24) is 35.3 Å². The van der Waals surface area contributed by atoms with Gasteiger partial charge in [0, 0.05) is 49.1 Å². The summed E-state index contributed by atoms with van der Waals surface area (Å²) in [6.45, 7) is 2.36. The maximum atomic E-state index is 13.2. The third kappa shape index (κ3) is 9.79. The molecule has 5 aromatic rings. The first-order valence-electron chi connectivity index (χ1n) is 20.5. The minimum absolute atomic E-state index is 0.0299. The summed E-state index contributed by atoms with van der Waals surface area (Å²) in [6, 6.07) is 13.7. The summed E-state index contributed by atoms with van der Waals surface area (Å²) in [5.74, 6) is -2.61. The van der Waals surface area contributed by atoms with E-state index in [1.807, 2.05) is 0 Å². The highest BCUT2D eigenvalue weighted by Crippen LogP contribution is 2.33. The van der Waals surface area contributed by atoms with Crippen LogP contribution in [-0.4, -0.2) is 118 Å². The zero-order valence-corrected chi connectivity index (χ0v) is 34.3. The Hall–Kier alpha value is -7.78. The van der Waals surface area contributed by atoms with Gasteiger partial charge < -0.3 is 40.9 Å². The van der Waals surface area contributed by atoms with Crippen molar-refractivity contribution >= 4 is 58.5 Å². The Bertz CT molecular complexity index is 2620. The first-order chi connectivity index (χ1) is 31.0. The molecule has 2 aliphatic heterocycles. The molecule has 3 aromatic heterocycles. The number of carbonyl (C=O) groups is 7. The van der Waals surface area contributed by atoms with E-state index in [1.165, 1.54) is 36.0 Å². The molecule has 0 spiro atoms. The van der Waals surface area contributed by atoms with Crippen LogP contribution in [0.4, 0.5) is 17.2 Å². The lowest BCUT2D eigenvalue weighted by atomic mass is 10.0. The second-order valence-corrected chi connectivity index (χ2v) is 15.1. The Balaban J connectivity index is 0.744. The van der Waals surface area contributed by atoms with E-state index in [0.717, 1.165) is 11.4 Å². The van der Waals surface area contributed by atoms with Crippen LogP contribution in [0.5, 0.6) is 0 Å². The van der Waals surface area contributed by atoms with Crippen LogP contribution in [0.25, 0.3) is 17.1 Å². The number of carbonyl (C=O) groups excluding carboxylic acids is 7. The molecule has 0 radical (unpaired) electrons. The molecular weight excluding hydrogens is 831 g/mol. The number of benzene rings is 2. The molecule has 2 fully saturated rings.